The number of halogens is 1. The number of sulfonamides is 1. The van der Waals surface area contributed by atoms with Gasteiger partial charge in [0.25, 0.3) is 0 Å². The van der Waals surface area contributed by atoms with Crippen molar-refractivity contribution >= 4 is 38.9 Å². The van der Waals surface area contributed by atoms with Gasteiger partial charge < -0.3 is 10.1 Å². The lowest BCUT2D eigenvalue weighted by atomic mass is 10.2. The first-order valence-corrected chi connectivity index (χ1v) is 10.2. The van der Waals surface area contributed by atoms with Gasteiger partial charge in [0.2, 0.25) is 15.9 Å². The zero-order valence-corrected chi connectivity index (χ0v) is 16.2. The third-order valence-corrected chi connectivity index (χ3v) is 5.10. The van der Waals surface area contributed by atoms with Crippen molar-refractivity contribution in [3.63, 3.8) is 0 Å². The molecule has 0 radical (unpaired) electrons. The van der Waals surface area contributed by atoms with Crippen molar-refractivity contribution in [3.05, 3.63) is 53.6 Å². The van der Waals surface area contributed by atoms with Gasteiger partial charge in [0, 0.05) is 23.7 Å². The lowest BCUT2D eigenvalue weighted by molar-refractivity contribution is -0.116. The van der Waals surface area contributed by atoms with Gasteiger partial charge in [-0.25, -0.2) is 8.42 Å². The number of anilines is 2. The fourth-order valence-electron chi connectivity index (χ4n) is 2.37. The molecule has 0 spiro atoms. The first-order chi connectivity index (χ1) is 12.3. The molecule has 1 amide bonds. The number of hydrogen-bond donors (Lipinski definition) is 1. The van der Waals surface area contributed by atoms with Gasteiger partial charge in [0.05, 0.1) is 19.1 Å². The Morgan fingerprint density at radius 2 is 1.73 bits per heavy atom. The molecule has 0 fully saturated rings. The van der Waals surface area contributed by atoms with Gasteiger partial charge >= 0.3 is 0 Å². The second kappa shape index (κ2) is 8.91. The van der Waals surface area contributed by atoms with Crippen LogP contribution in [-0.4, -0.2) is 34.2 Å². The summed E-state index contributed by atoms with van der Waals surface area (Å²) >= 11 is 5.80. The standard InChI is InChI=1S/C18H21ClN2O4S/c1-25-17-11-9-16(10-12-17)21(26(2,23)24)13-3-4-18(22)20-15-7-5-14(19)6-8-15/h5-12H,3-4,13H2,1-2H3,(H,20,22). The van der Waals surface area contributed by atoms with Crippen molar-refractivity contribution in [2.75, 3.05) is 29.5 Å². The normalized spacial score (nSPS) is 11.0. The Hall–Kier alpha value is -2.25. The van der Waals surface area contributed by atoms with Crippen LogP contribution in [0, 0.1) is 0 Å². The quantitative estimate of drug-likeness (QED) is 0.740. The number of hydrogen-bond acceptors (Lipinski definition) is 4. The Kier molecular flexibility index (Phi) is 6.88. The van der Waals surface area contributed by atoms with Crippen molar-refractivity contribution < 1.29 is 17.9 Å². The molecule has 0 aliphatic carbocycles. The van der Waals surface area contributed by atoms with Gasteiger partial charge in [-0.1, -0.05) is 11.6 Å². The maximum atomic E-state index is 12.1. The van der Waals surface area contributed by atoms with Crippen molar-refractivity contribution in [2.45, 2.75) is 12.8 Å². The van der Waals surface area contributed by atoms with E-state index in [0.29, 0.717) is 28.6 Å². The summed E-state index contributed by atoms with van der Waals surface area (Å²) < 4.78 is 30.5. The maximum Gasteiger partial charge on any atom is 0.232 e. The number of nitrogens with one attached hydrogen (secondary N) is 1. The molecule has 0 aromatic heterocycles. The second-order valence-corrected chi connectivity index (χ2v) is 8.04. The van der Waals surface area contributed by atoms with Crippen LogP contribution in [-0.2, 0) is 14.8 Å². The molecule has 0 saturated carbocycles. The summed E-state index contributed by atoms with van der Waals surface area (Å²) in [6, 6.07) is 13.5. The second-order valence-electron chi connectivity index (χ2n) is 5.69. The number of rotatable bonds is 8. The van der Waals surface area contributed by atoms with E-state index < -0.39 is 10.0 Å². The molecule has 2 rings (SSSR count). The lowest BCUT2D eigenvalue weighted by Crippen LogP contribution is -2.31. The summed E-state index contributed by atoms with van der Waals surface area (Å²) in [5, 5.41) is 3.34. The molecule has 140 valence electrons. The van der Waals surface area contributed by atoms with E-state index >= 15 is 0 Å². The summed E-state index contributed by atoms with van der Waals surface area (Å²) in [5.41, 5.74) is 1.18. The molecule has 0 heterocycles. The predicted molar refractivity (Wildman–Crippen MR) is 104 cm³/mol. The van der Waals surface area contributed by atoms with Gasteiger partial charge in [0.15, 0.2) is 0 Å². The van der Waals surface area contributed by atoms with Crippen LogP contribution < -0.4 is 14.4 Å². The number of carbonyl (C=O) groups excluding carboxylic acids is 1. The minimum absolute atomic E-state index is 0.185. The third-order valence-electron chi connectivity index (χ3n) is 3.65. The molecule has 0 unspecified atom stereocenters. The van der Waals surface area contributed by atoms with Gasteiger partial charge in [-0.05, 0) is 55.0 Å². The molecule has 0 atom stereocenters. The van der Waals surface area contributed by atoms with E-state index in [1.54, 1.807) is 55.6 Å². The highest BCUT2D eigenvalue weighted by Gasteiger charge is 2.17. The zero-order chi connectivity index (χ0) is 19.2. The van der Waals surface area contributed by atoms with Crippen LogP contribution in [0.15, 0.2) is 48.5 Å². The van der Waals surface area contributed by atoms with Crippen molar-refractivity contribution in [1.29, 1.82) is 0 Å². The Morgan fingerprint density at radius 3 is 2.27 bits per heavy atom. The van der Waals surface area contributed by atoms with E-state index in [4.69, 9.17) is 16.3 Å². The number of ether oxygens (including phenoxy) is 1. The summed E-state index contributed by atoms with van der Waals surface area (Å²) in [5.74, 6) is 0.458. The van der Waals surface area contributed by atoms with E-state index in [2.05, 4.69) is 5.32 Å². The van der Waals surface area contributed by atoms with Gasteiger partial charge in [0.1, 0.15) is 5.75 Å². The third kappa shape index (κ3) is 5.93. The first kappa shape index (κ1) is 20.1. The first-order valence-electron chi connectivity index (χ1n) is 7.97. The lowest BCUT2D eigenvalue weighted by Gasteiger charge is -2.22. The smallest absolute Gasteiger partial charge is 0.232 e. The van der Waals surface area contributed by atoms with Crippen LogP contribution >= 0.6 is 11.6 Å². The molecule has 26 heavy (non-hydrogen) atoms. The van der Waals surface area contributed by atoms with E-state index in [-0.39, 0.29) is 18.9 Å². The summed E-state index contributed by atoms with van der Waals surface area (Å²) in [4.78, 5) is 12.0. The summed E-state index contributed by atoms with van der Waals surface area (Å²) in [6.07, 6.45) is 1.73. The van der Waals surface area contributed by atoms with Gasteiger partial charge in [-0.2, -0.15) is 0 Å². The molecule has 2 aromatic rings. The molecular formula is C18H21ClN2O4S. The molecule has 0 aliphatic heterocycles. The largest absolute Gasteiger partial charge is 0.497 e. The highest BCUT2D eigenvalue weighted by molar-refractivity contribution is 7.92. The number of amides is 1. The van der Waals surface area contributed by atoms with E-state index in [9.17, 15) is 13.2 Å². The minimum Gasteiger partial charge on any atom is -0.497 e. The zero-order valence-electron chi connectivity index (χ0n) is 14.6. The predicted octanol–water partition coefficient (Wildman–Crippen LogP) is 3.53. The van der Waals surface area contributed by atoms with Gasteiger partial charge in [-0.3, -0.25) is 9.10 Å². The monoisotopic (exact) mass is 396 g/mol. The average molecular weight is 397 g/mol. The fraction of sp³-hybridized carbons (Fsp3) is 0.278. The highest BCUT2D eigenvalue weighted by Crippen LogP contribution is 2.22. The Balaban J connectivity index is 1.94. The Labute approximate surface area is 158 Å². The minimum atomic E-state index is -3.45. The number of nitrogens with zero attached hydrogens (tertiary/aromatic N) is 1. The molecule has 6 nitrogen and oxygen atoms in total. The van der Waals surface area contributed by atoms with Gasteiger partial charge in [-0.15, -0.1) is 0 Å². The van der Waals surface area contributed by atoms with Crippen LogP contribution in [0.25, 0.3) is 0 Å². The Bertz CT molecular complexity index is 836. The number of benzene rings is 2. The highest BCUT2D eigenvalue weighted by atomic mass is 35.5. The van der Waals surface area contributed by atoms with Crippen LogP contribution in [0.4, 0.5) is 11.4 Å². The SMILES string of the molecule is COc1ccc(N(CCCC(=O)Nc2ccc(Cl)cc2)S(C)(=O)=O)cc1. The molecule has 0 saturated heterocycles. The van der Waals surface area contributed by atoms with Crippen molar-refractivity contribution in [2.24, 2.45) is 0 Å². The molecule has 8 heteroatoms. The number of methoxy groups -OCH3 is 1. The van der Waals surface area contributed by atoms with E-state index in [1.165, 1.54) is 4.31 Å². The van der Waals surface area contributed by atoms with Crippen LogP contribution in [0.5, 0.6) is 5.75 Å². The molecular weight excluding hydrogens is 376 g/mol. The molecule has 1 N–H and O–H groups in total. The summed E-state index contributed by atoms with van der Waals surface area (Å²) in [7, 11) is -1.91. The molecule has 0 bridgehead atoms. The Morgan fingerprint density at radius 1 is 1.12 bits per heavy atom. The molecule has 2 aromatic carbocycles. The molecule has 0 aliphatic rings. The average Bonchev–Trinajstić information content (AvgIpc) is 2.60. The summed E-state index contributed by atoms with van der Waals surface area (Å²) in [6.45, 7) is 0.208. The maximum absolute atomic E-state index is 12.1. The van der Waals surface area contributed by atoms with Crippen LogP contribution in [0.1, 0.15) is 12.8 Å². The van der Waals surface area contributed by atoms with E-state index in [1.807, 2.05) is 0 Å². The van der Waals surface area contributed by atoms with E-state index in [0.717, 1.165) is 6.26 Å². The fourth-order valence-corrected chi connectivity index (χ4v) is 3.47. The van der Waals surface area contributed by atoms with Crippen molar-refractivity contribution in [1.82, 2.24) is 0 Å². The van der Waals surface area contributed by atoms with Crippen molar-refractivity contribution in [3.8, 4) is 5.75 Å². The van der Waals surface area contributed by atoms with Crippen LogP contribution in [0.2, 0.25) is 5.02 Å². The van der Waals surface area contributed by atoms with Crippen LogP contribution in [0.3, 0.4) is 0 Å². The number of carbonyl (C=O) groups is 1. The topological polar surface area (TPSA) is 75.7 Å².